The third-order valence-electron chi connectivity index (χ3n) is 2.87. The fourth-order valence-corrected chi connectivity index (χ4v) is 1.83. The van der Waals surface area contributed by atoms with Crippen LogP contribution >= 0.6 is 0 Å². The zero-order chi connectivity index (χ0) is 14.3. The van der Waals surface area contributed by atoms with Crippen LogP contribution in [0.3, 0.4) is 0 Å². The second-order valence-electron chi connectivity index (χ2n) is 5.16. The SMILES string of the molecule is CCCNc1cc(N(C)CCCN(C)C)nc(C)n1. The van der Waals surface area contributed by atoms with Crippen molar-refractivity contribution >= 4 is 11.6 Å². The Morgan fingerprint density at radius 2 is 1.89 bits per heavy atom. The molecule has 0 aliphatic heterocycles. The van der Waals surface area contributed by atoms with Gasteiger partial charge in [0.1, 0.15) is 17.5 Å². The zero-order valence-corrected chi connectivity index (χ0v) is 12.9. The van der Waals surface area contributed by atoms with E-state index < -0.39 is 0 Å². The van der Waals surface area contributed by atoms with Gasteiger partial charge < -0.3 is 15.1 Å². The van der Waals surface area contributed by atoms with Crippen molar-refractivity contribution in [3.05, 3.63) is 11.9 Å². The van der Waals surface area contributed by atoms with Gasteiger partial charge in [-0.1, -0.05) is 6.92 Å². The van der Waals surface area contributed by atoms with Crippen LogP contribution in [0, 0.1) is 6.92 Å². The highest BCUT2D eigenvalue weighted by Gasteiger charge is 2.06. The first-order valence-corrected chi connectivity index (χ1v) is 6.98. The van der Waals surface area contributed by atoms with Crippen molar-refractivity contribution < 1.29 is 0 Å². The molecule has 0 atom stereocenters. The normalized spacial score (nSPS) is 10.8. The molecule has 0 fully saturated rings. The molecule has 0 bridgehead atoms. The summed E-state index contributed by atoms with van der Waals surface area (Å²) in [6, 6.07) is 2.03. The number of hydrogen-bond acceptors (Lipinski definition) is 5. The Labute approximate surface area is 117 Å². The Morgan fingerprint density at radius 3 is 2.53 bits per heavy atom. The second kappa shape index (κ2) is 7.94. The van der Waals surface area contributed by atoms with Crippen LogP contribution in [0.1, 0.15) is 25.6 Å². The maximum atomic E-state index is 4.50. The van der Waals surface area contributed by atoms with E-state index in [-0.39, 0.29) is 0 Å². The molecule has 0 unspecified atom stereocenters. The van der Waals surface area contributed by atoms with Gasteiger partial charge in [0.15, 0.2) is 0 Å². The first-order valence-electron chi connectivity index (χ1n) is 6.98. The lowest BCUT2D eigenvalue weighted by atomic mass is 10.3. The predicted molar refractivity (Wildman–Crippen MR) is 82.0 cm³/mol. The van der Waals surface area contributed by atoms with Crippen LogP contribution in [0.2, 0.25) is 0 Å². The molecule has 1 N–H and O–H groups in total. The standard InChI is InChI=1S/C14H27N5/c1-6-8-15-13-11-14(17-12(2)16-13)19(5)10-7-9-18(3)4/h11H,6-10H2,1-5H3,(H,15,16,17). The molecule has 1 heterocycles. The van der Waals surface area contributed by atoms with Gasteiger partial charge >= 0.3 is 0 Å². The molecule has 1 rings (SSSR count). The van der Waals surface area contributed by atoms with Crippen LogP contribution in [0.15, 0.2) is 6.07 Å². The van der Waals surface area contributed by atoms with Gasteiger partial charge in [-0.2, -0.15) is 0 Å². The second-order valence-corrected chi connectivity index (χ2v) is 5.16. The van der Waals surface area contributed by atoms with Crippen molar-refractivity contribution in [2.45, 2.75) is 26.7 Å². The van der Waals surface area contributed by atoms with Crippen LogP contribution in [-0.4, -0.2) is 55.6 Å². The lowest BCUT2D eigenvalue weighted by molar-refractivity contribution is 0.401. The number of hydrogen-bond donors (Lipinski definition) is 1. The molecule has 0 aliphatic rings. The molecule has 0 saturated carbocycles. The molecule has 5 heteroatoms. The van der Waals surface area contributed by atoms with Gasteiger partial charge in [-0.05, 0) is 40.4 Å². The van der Waals surface area contributed by atoms with E-state index in [1.165, 1.54) is 0 Å². The quantitative estimate of drug-likeness (QED) is 0.779. The number of aryl methyl sites for hydroxylation is 1. The molecule has 1 aromatic rings. The van der Waals surface area contributed by atoms with Crippen LogP contribution in [-0.2, 0) is 0 Å². The molecule has 108 valence electrons. The number of rotatable bonds is 8. The molecule has 19 heavy (non-hydrogen) atoms. The summed E-state index contributed by atoms with van der Waals surface area (Å²) in [7, 11) is 6.28. The first-order chi connectivity index (χ1) is 9.02. The molecule has 0 spiro atoms. The van der Waals surface area contributed by atoms with E-state index in [2.05, 4.69) is 53.2 Å². The van der Waals surface area contributed by atoms with Gasteiger partial charge in [0.25, 0.3) is 0 Å². The predicted octanol–water partition coefficient (Wildman–Crippen LogP) is 1.99. The van der Waals surface area contributed by atoms with Crippen molar-refractivity contribution in [2.75, 3.05) is 51.0 Å². The molecule has 0 saturated heterocycles. The monoisotopic (exact) mass is 265 g/mol. The number of nitrogens with one attached hydrogen (secondary N) is 1. The summed E-state index contributed by atoms with van der Waals surface area (Å²) in [5, 5.41) is 3.32. The van der Waals surface area contributed by atoms with Gasteiger partial charge in [0, 0.05) is 26.2 Å². The fourth-order valence-electron chi connectivity index (χ4n) is 1.83. The van der Waals surface area contributed by atoms with E-state index in [9.17, 15) is 0 Å². The van der Waals surface area contributed by atoms with Crippen LogP contribution in [0.4, 0.5) is 11.6 Å². The van der Waals surface area contributed by atoms with Gasteiger partial charge in [-0.15, -0.1) is 0 Å². The third-order valence-corrected chi connectivity index (χ3v) is 2.87. The molecule has 5 nitrogen and oxygen atoms in total. The number of aromatic nitrogens is 2. The number of anilines is 2. The summed E-state index contributed by atoms with van der Waals surface area (Å²) in [6.45, 7) is 7.13. The summed E-state index contributed by atoms with van der Waals surface area (Å²) in [6.07, 6.45) is 2.22. The molecule has 1 aromatic heterocycles. The van der Waals surface area contributed by atoms with Gasteiger partial charge in [0.2, 0.25) is 0 Å². The van der Waals surface area contributed by atoms with Gasteiger partial charge in [0.05, 0.1) is 0 Å². The Hall–Kier alpha value is -1.36. The fraction of sp³-hybridized carbons (Fsp3) is 0.714. The summed E-state index contributed by atoms with van der Waals surface area (Å²) in [4.78, 5) is 13.3. The van der Waals surface area contributed by atoms with Crippen molar-refractivity contribution in [1.29, 1.82) is 0 Å². The highest BCUT2D eigenvalue weighted by atomic mass is 15.2. The summed E-state index contributed by atoms with van der Waals surface area (Å²) < 4.78 is 0. The lowest BCUT2D eigenvalue weighted by Gasteiger charge is -2.20. The smallest absolute Gasteiger partial charge is 0.134 e. The highest BCUT2D eigenvalue weighted by Crippen LogP contribution is 2.14. The van der Waals surface area contributed by atoms with E-state index in [1.807, 2.05) is 13.0 Å². The largest absolute Gasteiger partial charge is 0.370 e. The van der Waals surface area contributed by atoms with Crippen LogP contribution in [0.25, 0.3) is 0 Å². The van der Waals surface area contributed by atoms with Crippen molar-refractivity contribution in [3.63, 3.8) is 0 Å². The lowest BCUT2D eigenvalue weighted by Crippen LogP contribution is -2.24. The summed E-state index contributed by atoms with van der Waals surface area (Å²) >= 11 is 0. The Kier molecular flexibility index (Phi) is 6.56. The maximum absolute atomic E-state index is 4.50. The average Bonchev–Trinajstić information content (AvgIpc) is 2.35. The Morgan fingerprint density at radius 1 is 1.16 bits per heavy atom. The van der Waals surface area contributed by atoms with Crippen LogP contribution < -0.4 is 10.2 Å². The molecule has 0 amide bonds. The van der Waals surface area contributed by atoms with E-state index in [1.54, 1.807) is 0 Å². The summed E-state index contributed by atoms with van der Waals surface area (Å²) in [5.41, 5.74) is 0. The van der Waals surface area contributed by atoms with Gasteiger partial charge in [-0.25, -0.2) is 9.97 Å². The average molecular weight is 265 g/mol. The molecule has 0 radical (unpaired) electrons. The molecular weight excluding hydrogens is 238 g/mol. The molecule has 0 aromatic carbocycles. The van der Waals surface area contributed by atoms with E-state index >= 15 is 0 Å². The molecule has 0 aliphatic carbocycles. The first kappa shape index (κ1) is 15.7. The minimum Gasteiger partial charge on any atom is -0.370 e. The van der Waals surface area contributed by atoms with Crippen LogP contribution in [0.5, 0.6) is 0 Å². The minimum absolute atomic E-state index is 0.815. The van der Waals surface area contributed by atoms with Gasteiger partial charge in [-0.3, -0.25) is 0 Å². The van der Waals surface area contributed by atoms with Crippen molar-refractivity contribution in [3.8, 4) is 0 Å². The zero-order valence-electron chi connectivity index (χ0n) is 12.9. The maximum Gasteiger partial charge on any atom is 0.134 e. The summed E-state index contributed by atoms with van der Waals surface area (Å²) in [5.74, 6) is 2.73. The third kappa shape index (κ3) is 5.87. The van der Waals surface area contributed by atoms with E-state index in [0.29, 0.717) is 0 Å². The van der Waals surface area contributed by atoms with E-state index in [4.69, 9.17) is 0 Å². The number of nitrogens with zero attached hydrogens (tertiary/aromatic N) is 4. The highest BCUT2D eigenvalue weighted by molar-refractivity contribution is 5.48. The van der Waals surface area contributed by atoms with E-state index in [0.717, 1.165) is 49.9 Å². The topological polar surface area (TPSA) is 44.3 Å². The minimum atomic E-state index is 0.815. The Bertz CT molecular complexity index is 378. The van der Waals surface area contributed by atoms with Crippen molar-refractivity contribution in [2.24, 2.45) is 0 Å². The molecular formula is C14H27N5. The Balaban J connectivity index is 2.62. The van der Waals surface area contributed by atoms with Crippen molar-refractivity contribution in [1.82, 2.24) is 14.9 Å².